The van der Waals surface area contributed by atoms with Crippen molar-refractivity contribution in [3.63, 3.8) is 0 Å². The van der Waals surface area contributed by atoms with Crippen molar-refractivity contribution >= 4 is 34.8 Å². The average molecular weight is 473 g/mol. The third-order valence-corrected chi connectivity index (χ3v) is 7.20. The van der Waals surface area contributed by atoms with E-state index in [-0.39, 0.29) is 17.4 Å². The molecule has 3 unspecified atom stereocenters. The molecule has 2 N–H and O–H groups in total. The lowest BCUT2D eigenvalue weighted by Gasteiger charge is -2.47. The molecule has 1 amide bonds. The predicted molar refractivity (Wildman–Crippen MR) is 122 cm³/mol. The molecule has 3 aromatic rings. The molecular formula is C25H20Cl2F2N2O. The van der Waals surface area contributed by atoms with Gasteiger partial charge in [0.15, 0.2) is 11.6 Å². The summed E-state index contributed by atoms with van der Waals surface area (Å²) in [5.74, 6) is -2.48. The highest BCUT2D eigenvalue weighted by atomic mass is 35.5. The van der Waals surface area contributed by atoms with E-state index in [1.807, 2.05) is 18.2 Å². The van der Waals surface area contributed by atoms with Gasteiger partial charge < -0.3 is 10.6 Å². The number of aryl methyl sites for hydroxylation is 1. The smallest absolute Gasteiger partial charge is 0.237 e. The van der Waals surface area contributed by atoms with Gasteiger partial charge in [0.25, 0.3) is 0 Å². The van der Waals surface area contributed by atoms with E-state index < -0.39 is 23.1 Å². The van der Waals surface area contributed by atoms with Gasteiger partial charge in [-0.15, -0.1) is 0 Å². The zero-order chi connectivity index (χ0) is 22.6. The normalized spacial score (nSPS) is 24.5. The highest BCUT2D eigenvalue weighted by molar-refractivity contribution is 6.31. The van der Waals surface area contributed by atoms with Crippen molar-refractivity contribution in [2.75, 3.05) is 11.9 Å². The molecule has 3 atom stereocenters. The van der Waals surface area contributed by atoms with Crippen molar-refractivity contribution in [3.05, 3.63) is 98.5 Å². The fourth-order valence-electron chi connectivity index (χ4n) is 5.42. The van der Waals surface area contributed by atoms with Crippen molar-refractivity contribution < 1.29 is 13.6 Å². The summed E-state index contributed by atoms with van der Waals surface area (Å²) >= 11 is 12.5. The number of nitrogens with one attached hydrogen (secondary N) is 2. The number of anilines is 1. The second-order valence-electron chi connectivity index (χ2n) is 8.39. The van der Waals surface area contributed by atoms with Crippen LogP contribution in [0.25, 0.3) is 0 Å². The summed E-state index contributed by atoms with van der Waals surface area (Å²) in [5.41, 5.74) is 1.67. The predicted octanol–water partition coefficient (Wildman–Crippen LogP) is 6.29. The molecule has 1 saturated heterocycles. The summed E-state index contributed by atoms with van der Waals surface area (Å²) in [6.07, 6.45) is 0.613. The first-order valence-electron chi connectivity index (χ1n) is 10.4. The Morgan fingerprint density at radius 2 is 1.81 bits per heavy atom. The van der Waals surface area contributed by atoms with E-state index in [1.165, 1.54) is 0 Å². The van der Waals surface area contributed by atoms with Gasteiger partial charge >= 0.3 is 0 Å². The fraction of sp³-hybridized carbons (Fsp3) is 0.240. The molecule has 7 heteroatoms. The first-order chi connectivity index (χ1) is 15.3. The maximum Gasteiger partial charge on any atom is 0.237 e. The topological polar surface area (TPSA) is 41.1 Å². The van der Waals surface area contributed by atoms with Crippen LogP contribution in [0.5, 0.6) is 0 Å². The standard InChI is InChI=1S/C25H20Cl2F2N2O/c1-13-5-8-19(28)22(29)21(13)23-25(18-7-6-16(27)12-20(18)31-24(25)32)17(9-10-30-23)14-3-2-4-15(26)11-14/h2-8,11-12,17,23,30H,9-10H2,1H3,(H,31,32). The van der Waals surface area contributed by atoms with Crippen molar-refractivity contribution in [2.45, 2.75) is 30.7 Å². The van der Waals surface area contributed by atoms with Crippen LogP contribution in [-0.2, 0) is 10.2 Å². The molecule has 164 valence electrons. The zero-order valence-corrected chi connectivity index (χ0v) is 18.7. The van der Waals surface area contributed by atoms with E-state index in [9.17, 15) is 9.18 Å². The van der Waals surface area contributed by atoms with Crippen molar-refractivity contribution in [1.29, 1.82) is 0 Å². The largest absolute Gasteiger partial charge is 0.325 e. The molecule has 0 saturated carbocycles. The maximum atomic E-state index is 15.3. The van der Waals surface area contributed by atoms with E-state index in [1.54, 1.807) is 37.3 Å². The second-order valence-corrected chi connectivity index (χ2v) is 9.26. The lowest BCUT2D eigenvalue weighted by atomic mass is 9.59. The van der Waals surface area contributed by atoms with E-state index in [2.05, 4.69) is 10.6 Å². The Bertz CT molecular complexity index is 1250. The maximum absolute atomic E-state index is 15.3. The Morgan fingerprint density at radius 3 is 2.59 bits per heavy atom. The van der Waals surface area contributed by atoms with Crippen LogP contribution in [-0.4, -0.2) is 12.5 Å². The van der Waals surface area contributed by atoms with Gasteiger partial charge in [-0.2, -0.15) is 0 Å². The number of fused-ring (bicyclic) bond motifs is 2. The number of halogens is 4. The van der Waals surface area contributed by atoms with Crippen molar-refractivity contribution in [3.8, 4) is 0 Å². The van der Waals surface area contributed by atoms with Crippen LogP contribution in [0.1, 0.15) is 40.6 Å². The summed E-state index contributed by atoms with van der Waals surface area (Å²) in [7, 11) is 0. The van der Waals surface area contributed by atoms with Gasteiger partial charge in [-0.05, 0) is 66.9 Å². The van der Waals surface area contributed by atoms with E-state index in [0.717, 1.165) is 11.6 Å². The molecule has 3 aromatic carbocycles. The third-order valence-electron chi connectivity index (χ3n) is 6.73. The number of carbonyl (C=O) groups excluding carboxylic acids is 1. The molecule has 0 aromatic heterocycles. The van der Waals surface area contributed by atoms with Crippen LogP contribution in [0.4, 0.5) is 14.5 Å². The van der Waals surface area contributed by atoms with Crippen LogP contribution in [0.3, 0.4) is 0 Å². The molecule has 0 aliphatic carbocycles. The van der Waals surface area contributed by atoms with E-state index in [4.69, 9.17) is 23.2 Å². The second kappa shape index (κ2) is 7.84. The molecule has 1 fully saturated rings. The minimum absolute atomic E-state index is 0.162. The number of piperidine rings is 1. The number of amides is 1. The van der Waals surface area contributed by atoms with Crippen molar-refractivity contribution in [2.24, 2.45) is 0 Å². The van der Waals surface area contributed by atoms with Gasteiger partial charge in [-0.1, -0.05) is 47.5 Å². The molecule has 2 aliphatic heterocycles. The molecule has 3 nitrogen and oxygen atoms in total. The first kappa shape index (κ1) is 21.4. The molecule has 2 aliphatic rings. The highest BCUT2D eigenvalue weighted by Gasteiger charge is 2.60. The molecule has 0 radical (unpaired) electrons. The monoisotopic (exact) mass is 472 g/mol. The van der Waals surface area contributed by atoms with Crippen LogP contribution in [0, 0.1) is 18.6 Å². The lowest BCUT2D eigenvalue weighted by molar-refractivity contribution is -0.123. The molecule has 0 bridgehead atoms. The quantitative estimate of drug-likeness (QED) is 0.460. The van der Waals surface area contributed by atoms with E-state index in [0.29, 0.717) is 39.8 Å². The SMILES string of the molecule is Cc1ccc(F)c(F)c1C1NCCC(c2cccc(Cl)c2)C12C(=O)Nc1cc(Cl)ccc12. The number of hydrogen-bond donors (Lipinski definition) is 2. The van der Waals surface area contributed by atoms with Crippen LogP contribution in [0.2, 0.25) is 10.0 Å². The van der Waals surface area contributed by atoms with E-state index >= 15 is 4.39 Å². The Hall–Kier alpha value is -2.47. The number of rotatable bonds is 2. The summed E-state index contributed by atoms with van der Waals surface area (Å²) < 4.78 is 29.6. The first-order valence-corrected chi connectivity index (χ1v) is 11.1. The number of carbonyl (C=O) groups is 1. The summed E-state index contributed by atoms with van der Waals surface area (Å²) in [6.45, 7) is 2.25. The minimum Gasteiger partial charge on any atom is -0.325 e. The third kappa shape index (κ3) is 3.06. The van der Waals surface area contributed by atoms with Crippen LogP contribution >= 0.6 is 23.2 Å². The van der Waals surface area contributed by atoms with Crippen molar-refractivity contribution in [1.82, 2.24) is 5.32 Å². The Labute approximate surface area is 194 Å². The van der Waals surface area contributed by atoms with Crippen LogP contribution in [0.15, 0.2) is 54.6 Å². The summed E-state index contributed by atoms with van der Waals surface area (Å²) in [6, 6.07) is 14.5. The lowest BCUT2D eigenvalue weighted by Crippen LogP contribution is -2.55. The van der Waals surface area contributed by atoms with Crippen LogP contribution < -0.4 is 10.6 Å². The van der Waals surface area contributed by atoms with Gasteiger partial charge in [-0.25, -0.2) is 8.78 Å². The van der Waals surface area contributed by atoms with Gasteiger partial charge in [0.2, 0.25) is 5.91 Å². The Morgan fingerprint density at radius 1 is 1.03 bits per heavy atom. The van der Waals surface area contributed by atoms with Gasteiger partial charge in [0.1, 0.15) is 5.41 Å². The molecule has 5 rings (SSSR count). The molecule has 1 spiro atoms. The molecule has 2 heterocycles. The average Bonchev–Trinajstić information content (AvgIpc) is 3.03. The Balaban J connectivity index is 1.83. The number of benzene rings is 3. The van der Waals surface area contributed by atoms with Gasteiger partial charge in [0, 0.05) is 27.2 Å². The minimum atomic E-state index is -1.22. The fourth-order valence-corrected chi connectivity index (χ4v) is 5.79. The molecule has 32 heavy (non-hydrogen) atoms. The molecular weight excluding hydrogens is 453 g/mol. The highest BCUT2D eigenvalue weighted by Crippen LogP contribution is 2.58. The summed E-state index contributed by atoms with van der Waals surface area (Å²) in [4.78, 5) is 13.8. The van der Waals surface area contributed by atoms with Gasteiger partial charge in [0.05, 0.1) is 6.04 Å². The summed E-state index contributed by atoms with van der Waals surface area (Å²) in [5, 5.41) is 7.33. The van der Waals surface area contributed by atoms with Gasteiger partial charge in [-0.3, -0.25) is 4.79 Å². The zero-order valence-electron chi connectivity index (χ0n) is 17.2. The number of hydrogen-bond acceptors (Lipinski definition) is 2. The Kier molecular flexibility index (Phi) is 5.24.